The van der Waals surface area contributed by atoms with Crippen molar-refractivity contribution in [2.24, 2.45) is 0 Å². The summed E-state index contributed by atoms with van der Waals surface area (Å²) in [7, 11) is -0.946. The van der Waals surface area contributed by atoms with Gasteiger partial charge < -0.3 is 9.47 Å². The van der Waals surface area contributed by atoms with Crippen LogP contribution >= 0.6 is 0 Å². The monoisotopic (exact) mass is 361 g/mol. The fourth-order valence-corrected chi connectivity index (χ4v) is 4.54. The number of esters is 1. The summed E-state index contributed by atoms with van der Waals surface area (Å²) in [5.74, 6) is 0.0286. The van der Waals surface area contributed by atoms with Crippen molar-refractivity contribution in [1.82, 2.24) is 0 Å². The van der Waals surface area contributed by atoms with Gasteiger partial charge in [-0.15, -0.1) is 0 Å². The van der Waals surface area contributed by atoms with E-state index in [1.807, 2.05) is 12.1 Å². The minimum Gasteiger partial charge on any atom is -0.495 e. The minimum atomic E-state index is -3.76. The van der Waals surface area contributed by atoms with Gasteiger partial charge in [-0.05, 0) is 48.7 Å². The zero-order valence-electron chi connectivity index (χ0n) is 14.1. The fourth-order valence-electron chi connectivity index (χ4n) is 2.99. The topological polar surface area (TPSA) is 72.9 Å². The molecule has 25 heavy (non-hydrogen) atoms. The first-order valence-corrected chi connectivity index (χ1v) is 9.30. The summed E-state index contributed by atoms with van der Waals surface area (Å²) < 4.78 is 37.6. The van der Waals surface area contributed by atoms with E-state index in [-0.39, 0.29) is 4.90 Å². The molecular formula is C18H19NO5S. The molecule has 0 fully saturated rings. The Morgan fingerprint density at radius 1 is 1.08 bits per heavy atom. The van der Waals surface area contributed by atoms with Gasteiger partial charge in [-0.3, -0.25) is 4.31 Å². The molecule has 7 heteroatoms. The van der Waals surface area contributed by atoms with Crippen molar-refractivity contribution in [3.05, 3.63) is 53.6 Å². The van der Waals surface area contributed by atoms with Gasteiger partial charge >= 0.3 is 5.97 Å². The highest BCUT2D eigenvalue weighted by molar-refractivity contribution is 7.92. The number of benzene rings is 2. The van der Waals surface area contributed by atoms with Crippen LogP contribution < -0.4 is 9.04 Å². The number of fused-ring (bicyclic) bond motifs is 1. The number of anilines is 1. The van der Waals surface area contributed by atoms with E-state index in [1.54, 1.807) is 6.07 Å². The van der Waals surface area contributed by atoms with Gasteiger partial charge in [0, 0.05) is 6.54 Å². The van der Waals surface area contributed by atoms with Crippen LogP contribution in [0.25, 0.3) is 0 Å². The lowest BCUT2D eigenvalue weighted by atomic mass is 10.0. The lowest BCUT2D eigenvalue weighted by molar-refractivity contribution is 0.0600. The summed E-state index contributed by atoms with van der Waals surface area (Å²) in [6.45, 7) is 0.383. The number of nitrogens with zero attached hydrogens (tertiary/aromatic N) is 1. The highest BCUT2D eigenvalue weighted by Gasteiger charge is 2.31. The number of sulfonamides is 1. The molecular weight excluding hydrogens is 342 g/mol. The molecule has 0 atom stereocenters. The molecule has 2 aromatic carbocycles. The molecule has 0 saturated carbocycles. The van der Waals surface area contributed by atoms with Crippen molar-refractivity contribution in [3.63, 3.8) is 0 Å². The number of rotatable bonds is 4. The third kappa shape index (κ3) is 3.07. The average Bonchev–Trinajstić information content (AvgIpc) is 2.66. The summed E-state index contributed by atoms with van der Waals surface area (Å²) in [4.78, 5) is 11.6. The molecule has 0 radical (unpaired) electrons. The second-order valence-electron chi connectivity index (χ2n) is 5.66. The lowest BCUT2D eigenvalue weighted by Gasteiger charge is -2.31. The third-order valence-electron chi connectivity index (χ3n) is 4.22. The normalized spacial score (nSPS) is 13.9. The van der Waals surface area contributed by atoms with Crippen LogP contribution in [0.2, 0.25) is 0 Å². The lowest BCUT2D eigenvalue weighted by Crippen LogP contribution is -2.35. The quantitative estimate of drug-likeness (QED) is 0.783. The number of hydrogen-bond acceptors (Lipinski definition) is 5. The van der Waals surface area contributed by atoms with E-state index in [9.17, 15) is 13.2 Å². The van der Waals surface area contributed by atoms with Gasteiger partial charge in [0.1, 0.15) is 5.75 Å². The number of hydrogen-bond donors (Lipinski definition) is 0. The molecule has 6 nitrogen and oxygen atoms in total. The molecule has 0 N–H and O–H groups in total. The Kier molecular flexibility index (Phi) is 4.67. The van der Waals surface area contributed by atoms with Crippen molar-refractivity contribution in [2.75, 3.05) is 25.1 Å². The van der Waals surface area contributed by atoms with E-state index in [0.29, 0.717) is 23.5 Å². The SMILES string of the molecule is COC(=O)c1ccc(S(=O)(=O)N2CCCc3cccc(OC)c32)cc1. The van der Waals surface area contributed by atoms with Gasteiger partial charge in [-0.25, -0.2) is 13.2 Å². The molecule has 1 aliphatic heterocycles. The molecule has 0 aromatic heterocycles. The van der Waals surface area contributed by atoms with Gasteiger partial charge in [-0.1, -0.05) is 12.1 Å². The standard InChI is InChI=1S/C18H19NO5S/c1-23-16-7-3-5-13-6-4-12-19(17(13)16)25(21,22)15-10-8-14(9-11-15)18(20)24-2/h3,5,7-11H,4,6,12H2,1-2H3. The van der Waals surface area contributed by atoms with Crippen LogP contribution in [-0.4, -0.2) is 35.2 Å². The summed E-state index contributed by atoms with van der Waals surface area (Å²) in [6, 6.07) is 11.3. The van der Waals surface area contributed by atoms with Crippen LogP contribution in [0.4, 0.5) is 5.69 Å². The van der Waals surface area contributed by atoms with Gasteiger partial charge in [0.05, 0.1) is 30.4 Å². The molecule has 2 aromatic rings. The Morgan fingerprint density at radius 2 is 1.80 bits per heavy atom. The van der Waals surface area contributed by atoms with Gasteiger partial charge in [0.25, 0.3) is 10.0 Å². The molecule has 1 heterocycles. The molecule has 132 valence electrons. The predicted octanol–water partition coefficient (Wildman–Crippen LogP) is 2.62. The number of carbonyl (C=O) groups excluding carboxylic acids is 1. The second kappa shape index (κ2) is 6.76. The Bertz CT molecular complexity index is 876. The Morgan fingerprint density at radius 3 is 2.44 bits per heavy atom. The minimum absolute atomic E-state index is 0.124. The van der Waals surface area contributed by atoms with Gasteiger partial charge in [0.15, 0.2) is 0 Å². The van der Waals surface area contributed by atoms with Crippen LogP contribution in [0.1, 0.15) is 22.3 Å². The highest BCUT2D eigenvalue weighted by atomic mass is 32.2. The maximum absolute atomic E-state index is 13.1. The van der Waals surface area contributed by atoms with E-state index >= 15 is 0 Å². The number of methoxy groups -OCH3 is 2. The Hall–Kier alpha value is -2.54. The van der Waals surface area contributed by atoms with E-state index in [0.717, 1.165) is 18.4 Å². The Labute approximate surface area is 147 Å². The molecule has 0 spiro atoms. The first-order valence-electron chi connectivity index (χ1n) is 7.86. The molecule has 0 amide bonds. The van der Waals surface area contributed by atoms with Crippen molar-refractivity contribution in [1.29, 1.82) is 0 Å². The average molecular weight is 361 g/mol. The van der Waals surface area contributed by atoms with Crippen LogP contribution in [0.3, 0.4) is 0 Å². The van der Waals surface area contributed by atoms with Crippen molar-refractivity contribution in [3.8, 4) is 5.75 Å². The van der Waals surface area contributed by atoms with Crippen LogP contribution in [0, 0.1) is 0 Å². The third-order valence-corrected chi connectivity index (χ3v) is 6.04. The van der Waals surface area contributed by atoms with Crippen LogP contribution in [-0.2, 0) is 21.2 Å². The number of ether oxygens (including phenoxy) is 2. The Balaban J connectivity index is 2.04. The number of aryl methyl sites for hydroxylation is 1. The maximum atomic E-state index is 13.1. The molecule has 1 aliphatic rings. The van der Waals surface area contributed by atoms with E-state index in [2.05, 4.69) is 4.74 Å². The molecule has 0 bridgehead atoms. The number of para-hydroxylation sites is 1. The van der Waals surface area contributed by atoms with Crippen LogP contribution in [0.5, 0.6) is 5.75 Å². The zero-order valence-corrected chi connectivity index (χ0v) is 14.9. The summed E-state index contributed by atoms with van der Waals surface area (Å²) >= 11 is 0. The smallest absolute Gasteiger partial charge is 0.337 e. The van der Waals surface area contributed by atoms with E-state index < -0.39 is 16.0 Å². The predicted molar refractivity (Wildman–Crippen MR) is 93.6 cm³/mol. The second-order valence-corrected chi connectivity index (χ2v) is 7.53. The molecule has 0 saturated heterocycles. The fraction of sp³-hybridized carbons (Fsp3) is 0.278. The zero-order chi connectivity index (χ0) is 18.0. The number of carbonyl (C=O) groups is 1. The molecule has 0 aliphatic carbocycles. The van der Waals surface area contributed by atoms with Crippen molar-refractivity contribution >= 4 is 21.7 Å². The van der Waals surface area contributed by atoms with E-state index in [4.69, 9.17) is 4.74 Å². The van der Waals surface area contributed by atoms with Crippen molar-refractivity contribution < 1.29 is 22.7 Å². The first kappa shape index (κ1) is 17.3. The van der Waals surface area contributed by atoms with E-state index in [1.165, 1.54) is 42.8 Å². The first-order chi connectivity index (χ1) is 12.0. The summed E-state index contributed by atoms with van der Waals surface area (Å²) in [5.41, 5.74) is 1.84. The summed E-state index contributed by atoms with van der Waals surface area (Å²) in [6.07, 6.45) is 1.54. The van der Waals surface area contributed by atoms with Crippen LogP contribution in [0.15, 0.2) is 47.4 Å². The highest BCUT2D eigenvalue weighted by Crippen LogP contribution is 2.39. The maximum Gasteiger partial charge on any atom is 0.337 e. The molecule has 0 unspecified atom stereocenters. The van der Waals surface area contributed by atoms with Crippen molar-refractivity contribution in [2.45, 2.75) is 17.7 Å². The van der Waals surface area contributed by atoms with Gasteiger partial charge in [-0.2, -0.15) is 0 Å². The molecule has 3 rings (SSSR count). The summed E-state index contributed by atoms with van der Waals surface area (Å²) in [5, 5.41) is 0. The van der Waals surface area contributed by atoms with Gasteiger partial charge in [0.2, 0.25) is 0 Å². The largest absolute Gasteiger partial charge is 0.495 e.